The summed E-state index contributed by atoms with van der Waals surface area (Å²) in [6.45, 7) is 4.76. The number of aliphatic imine (C=N–C) groups is 1. The van der Waals surface area contributed by atoms with Gasteiger partial charge in [0.25, 0.3) is 0 Å². The molecule has 0 bridgehead atoms. The molecule has 0 unspecified atom stereocenters. The molecule has 0 atom stereocenters. The predicted octanol–water partition coefficient (Wildman–Crippen LogP) is 12.6. The standard InChI is InChI=1S/C49H36N2/c1-49(2)47-38-21-9-7-15-33(38)26-29-44(47)43-25-13-24-42(48(43)49)40-28-27-35(37-20-10-11-22-39(37)40)31-51-46(30-45(50)34-16-4-3-5-17-34)41-23-12-18-32-14-6-8-19-36(32)41/h3-31,50H,1-2H3/b46-30-,50-45?,51-31?. The zero-order valence-electron chi connectivity index (χ0n) is 28.7. The van der Waals surface area contributed by atoms with Gasteiger partial charge in [0.05, 0.1) is 11.4 Å². The fourth-order valence-corrected chi connectivity index (χ4v) is 8.25. The molecule has 0 amide bonds. The summed E-state index contributed by atoms with van der Waals surface area (Å²) in [6.07, 6.45) is 3.86. The van der Waals surface area contributed by atoms with Crippen LogP contribution in [0.5, 0.6) is 0 Å². The van der Waals surface area contributed by atoms with Crippen molar-refractivity contribution in [3.63, 3.8) is 0 Å². The Balaban J connectivity index is 1.18. The van der Waals surface area contributed by atoms with Crippen LogP contribution < -0.4 is 0 Å². The van der Waals surface area contributed by atoms with Crippen molar-refractivity contribution in [1.29, 1.82) is 5.41 Å². The second-order valence-electron chi connectivity index (χ2n) is 13.9. The van der Waals surface area contributed by atoms with Gasteiger partial charge in [-0.2, -0.15) is 0 Å². The van der Waals surface area contributed by atoms with Crippen LogP contribution in [0.4, 0.5) is 0 Å². The topological polar surface area (TPSA) is 36.2 Å². The Labute approximate surface area is 298 Å². The first-order chi connectivity index (χ1) is 25.0. The Hall–Kier alpha value is -6.38. The maximum absolute atomic E-state index is 8.99. The van der Waals surface area contributed by atoms with Crippen LogP contribution in [0.15, 0.2) is 175 Å². The van der Waals surface area contributed by atoms with Crippen LogP contribution in [0.2, 0.25) is 0 Å². The van der Waals surface area contributed by atoms with Crippen molar-refractivity contribution in [2.24, 2.45) is 4.99 Å². The molecule has 0 aliphatic heterocycles. The zero-order valence-corrected chi connectivity index (χ0v) is 28.7. The van der Waals surface area contributed by atoms with Gasteiger partial charge in [0.1, 0.15) is 0 Å². The molecule has 242 valence electrons. The highest BCUT2D eigenvalue weighted by Crippen LogP contribution is 2.54. The summed E-state index contributed by atoms with van der Waals surface area (Å²) in [6, 6.07) is 57.8. The minimum atomic E-state index is -0.176. The number of rotatable bonds is 6. The largest absolute Gasteiger partial charge is 0.300 e. The SMILES string of the molecule is CC1(C)c2c(cccc2-c2ccc(C=N/C(=C\C(=N)c3ccccc3)c3cccc4ccccc34)c3ccccc23)-c2ccc3ccccc3c21. The fraction of sp³-hybridized carbons (Fsp3) is 0.0612. The van der Waals surface area contributed by atoms with Gasteiger partial charge >= 0.3 is 0 Å². The quantitative estimate of drug-likeness (QED) is 0.174. The highest BCUT2D eigenvalue weighted by molar-refractivity contribution is 6.13. The molecule has 1 N–H and O–H groups in total. The van der Waals surface area contributed by atoms with E-state index >= 15 is 0 Å². The number of hydrogen-bond donors (Lipinski definition) is 1. The van der Waals surface area contributed by atoms with E-state index in [1.165, 1.54) is 49.5 Å². The van der Waals surface area contributed by atoms with Gasteiger partial charge in [0.15, 0.2) is 0 Å². The lowest BCUT2D eigenvalue weighted by molar-refractivity contribution is 0.668. The third kappa shape index (κ3) is 5.11. The van der Waals surface area contributed by atoms with Crippen molar-refractivity contribution < 1.29 is 0 Å². The lowest BCUT2D eigenvalue weighted by atomic mass is 9.77. The summed E-state index contributed by atoms with van der Waals surface area (Å²) in [4.78, 5) is 5.16. The van der Waals surface area contributed by atoms with Gasteiger partial charge in [0, 0.05) is 22.8 Å². The summed E-state index contributed by atoms with van der Waals surface area (Å²) >= 11 is 0. The Bertz CT molecular complexity index is 2720. The van der Waals surface area contributed by atoms with Crippen LogP contribution in [0.3, 0.4) is 0 Å². The van der Waals surface area contributed by atoms with Gasteiger partial charge in [-0.05, 0) is 77.3 Å². The molecule has 8 aromatic carbocycles. The average Bonchev–Trinajstić information content (AvgIpc) is 3.43. The lowest BCUT2D eigenvalue weighted by Gasteiger charge is -2.26. The molecule has 0 heterocycles. The van der Waals surface area contributed by atoms with Crippen LogP contribution in [0, 0.1) is 5.41 Å². The van der Waals surface area contributed by atoms with E-state index < -0.39 is 0 Å². The van der Waals surface area contributed by atoms with E-state index in [0.717, 1.165) is 38.5 Å². The number of nitrogens with zero attached hydrogens (tertiary/aromatic N) is 1. The Morgan fingerprint density at radius 2 is 1.06 bits per heavy atom. The number of allylic oxidation sites excluding steroid dienone is 1. The Kier molecular flexibility index (Phi) is 7.33. The molecule has 9 rings (SSSR count). The molecular weight excluding hydrogens is 617 g/mol. The van der Waals surface area contributed by atoms with E-state index in [2.05, 4.69) is 147 Å². The smallest absolute Gasteiger partial charge is 0.0729 e. The molecule has 0 fully saturated rings. The van der Waals surface area contributed by atoms with Crippen molar-refractivity contribution in [3.05, 3.63) is 198 Å². The van der Waals surface area contributed by atoms with Gasteiger partial charge in [0.2, 0.25) is 0 Å². The first kappa shape index (κ1) is 30.7. The van der Waals surface area contributed by atoms with Crippen molar-refractivity contribution in [1.82, 2.24) is 0 Å². The van der Waals surface area contributed by atoms with E-state index in [1.54, 1.807) is 0 Å². The number of benzene rings is 8. The predicted molar refractivity (Wildman–Crippen MR) is 217 cm³/mol. The minimum Gasteiger partial charge on any atom is -0.300 e. The van der Waals surface area contributed by atoms with Crippen molar-refractivity contribution in [2.75, 3.05) is 0 Å². The van der Waals surface area contributed by atoms with E-state index in [4.69, 9.17) is 10.4 Å². The monoisotopic (exact) mass is 652 g/mol. The van der Waals surface area contributed by atoms with Gasteiger partial charge in [-0.15, -0.1) is 0 Å². The fourth-order valence-electron chi connectivity index (χ4n) is 8.25. The molecule has 0 spiro atoms. The van der Waals surface area contributed by atoms with Gasteiger partial charge in [-0.1, -0.05) is 178 Å². The van der Waals surface area contributed by atoms with Crippen LogP contribution in [-0.4, -0.2) is 11.9 Å². The van der Waals surface area contributed by atoms with Crippen LogP contribution in [0.1, 0.15) is 41.7 Å². The summed E-state index contributed by atoms with van der Waals surface area (Å²) in [7, 11) is 0. The third-order valence-electron chi connectivity index (χ3n) is 10.6. The molecule has 2 heteroatoms. The second-order valence-corrected chi connectivity index (χ2v) is 13.9. The molecular formula is C49H36N2. The average molecular weight is 653 g/mol. The third-order valence-corrected chi connectivity index (χ3v) is 10.6. The van der Waals surface area contributed by atoms with E-state index in [9.17, 15) is 0 Å². The highest BCUT2D eigenvalue weighted by atomic mass is 14.7. The molecule has 0 saturated heterocycles. The van der Waals surface area contributed by atoms with E-state index in [-0.39, 0.29) is 5.41 Å². The summed E-state index contributed by atoms with van der Waals surface area (Å²) in [5, 5.41) is 16.2. The molecule has 8 aromatic rings. The molecule has 0 saturated carbocycles. The molecule has 0 aromatic heterocycles. The van der Waals surface area contributed by atoms with Crippen LogP contribution in [0.25, 0.3) is 60.3 Å². The molecule has 2 nitrogen and oxygen atoms in total. The summed E-state index contributed by atoms with van der Waals surface area (Å²) in [5.74, 6) is 0. The first-order valence-corrected chi connectivity index (χ1v) is 17.5. The number of nitrogens with one attached hydrogen (secondary N) is 1. The highest BCUT2D eigenvalue weighted by Gasteiger charge is 2.39. The molecule has 1 aliphatic rings. The van der Waals surface area contributed by atoms with Crippen LogP contribution in [-0.2, 0) is 5.41 Å². The van der Waals surface area contributed by atoms with Crippen LogP contribution >= 0.6 is 0 Å². The van der Waals surface area contributed by atoms with Gasteiger partial charge < -0.3 is 5.41 Å². The summed E-state index contributed by atoms with van der Waals surface area (Å²) < 4.78 is 0. The Morgan fingerprint density at radius 3 is 1.84 bits per heavy atom. The van der Waals surface area contributed by atoms with E-state index in [0.29, 0.717) is 5.71 Å². The maximum atomic E-state index is 8.99. The second kappa shape index (κ2) is 12.2. The first-order valence-electron chi connectivity index (χ1n) is 17.5. The molecule has 51 heavy (non-hydrogen) atoms. The minimum absolute atomic E-state index is 0.176. The number of hydrogen-bond acceptors (Lipinski definition) is 2. The zero-order chi connectivity index (χ0) is 34.5. The normalized spacial score (nSPS) is 13.6. The molecule has 0 radical (unpaired) electrons. The number of fused-ring (bicyclic) bond motifs is 7. The van der Waals surface area contributed by atoms with E-state index in [1.807, 2.05) is 42.6 Å². The maximum Gasteiger partial charge on any atom is 0.0729 e. The lowest BCUT2D eigenvalue weighted by Crippen LogP contribution is -2.17. The Morgan fingerprint density at radius 1 is 0.490 bits per heavy atom. The van der Waals surface area contributed by atoms with Crippen molar-refractivity contribution >= 4 is 49.9 Å². The molecule has 1 aliphatic carbocycles. The van der Waals surface area contributed by atoms with Crippen molar-refractivity contribution in [2.45, 2.75) is 19.3 Å². The van der Waals surface area contributed by atoms with Gasteiger partial charge in [-0.3, -0.25) is 4.99 Å². The van der Waals surface area contributed by atoms with Crippen molar-refractivity contribution in [3.8, 4) is 22.3 Å². The summed E-state index contributed by atoms with van der Waals surface area (Å²) in [5.41, 5.74) is 11.8. The van der Waals surface area contributed by atoms with Gasteiger partial charge in [-0.25, -0.2) is 0 Å².